The van der Waals surface area contributed by atoms with Crippen LogP contribution in [-0.4, -0.2) is 21.5 Å². The van der Waals surface area contributed by atoms with Gasteiger partial charge >= 0.3 is 0 Å². The van der Waals surface area contributed by atoms with Crippen molar-refractivity contribution in [1.82, 2.24) is 14.9 Å². The normalized spacial score (nSPS) is 10.8. The predicted molar refractivity (Wildman–Crippen MR) is 134 cm³/mol. The predicted octanol–water partition coefficient (Wildman–Crippen LogP) is 6.29. The number of ether oxygens (including phenoxy) is 2. The lowest BCUT2D eigenvalue weighted by molar-refractivity contribution is 0.268. The van der Waals surface area contributed by atoms with Gasteiger partial charge in [0.1, 0.15) is 6.61 Å². The molecule has 170 valence electrons. The lowest BCUT2D eigenvalue weighted by atomic mass is 10.1. The molecule has 2 N–H and O–H groups in total. The van der Waals surface area contributed by atoms with E-state index < -0.39 is 0 Å². The van der Waals surface area contributed by atoms with Crippen LogP contribution in [0.4, 0.5) is 0 Å². The minimum atomic E-state index is 0.421. The maximum atomic E-state index is 6.62. The quantitative estimate of drug-likeness (QED) is 0.275. The van der Waals surface area contributed by atoms with Gasteiger partial charge in [-0.3, -0.25) is 0 Å². The van der Waals surface area contributed by atoms with Crippen molar-refractivity contribution in [1.29, 1.82) is 0 Å². The third-order valence-corrected chi connectivity index (χ3v) is 5.81. The van der Waals surface area contributed by atoms with E-state index in [0.29, 0.717) is 46.9 Å². The fraction of sp³-hybridized carbons (Fsp3) is 0.200. The first-order chi connectivity index (χ1) is 16.1. The summed E-state index contributed by atoms with van der Waals surface area (Å²) in [5.74, 6) is 1.95. The number of aromatic nitrogens is 3. The molecule has 1 heterocycles. The molecule has 0 atom stereocenters. The Morgan fingerprint density at radius 1 is 1.00 bits per heavy atom. The van der Waals surface area contributed by atoms with Crippen molar-refractivity contribution in [2.75, 3.05) is 12.0 Å². The maximum absolute atomic E-state index is 6.62. The lowest BCUT2D eigenvalue weighted by Gasteiger charge is -2.17. The number of nitrogens with zero attached hydrogens (tertiary/aromatic N) is 2. The number of benzene rings is 3. The van der Waals surface area contributed by atoms with E-state index >= 15 is 0 Å². The molecule has 0 unspecified atom stereocenters. The molecular formula is C25H25ClN4O2S. The van der Waals surface area contributed by atoms with Crippen LogP contribution >= 0.6 is 23.8 Å². The van der Waals surface area contributed by atoms with Crippen LogP contribution in [0.1, 0.15) is 23.6 Å². The van der Waals surface area contributed by atoms with E-state index in [2.05, 4.69) is 34.7 Å². The Morgan fingerprint density at radius 3 is 2.48 bits per heavy atom. The Labute approximate surface area is 203 Å². The Balaban J connectivity index is 1.55. The number of halogens is 1. The van der Waals surface area contributed by atoms with E-state index in [0.717, 1.165) is 16.7 Å². The van der Waals surface area contributed by atoms with Crippen LogP contribution in [0.25, 0.3) is 11.4 Å². The number of H-pyrrole nitrogens is 1. The van der Waals surface area contributed by atoms with Crippen LogP contribution in [0, 0.1) is 11.7 Å². The van der Waals surface area contributed by atoms with Gasteiger partial charge in [-0.05, 0) is 48.8 Å². The summed E-state index contributed by atoms with van der Waals surface area (Å²) in [6.45, 7) is 5.37. The average molecular weight is 481 g/mol. The Hall–Kier alpha value is -3.29. The smallest absolute Gasteiger partial charge is 0.214 e. The summed E-state index contributed by atoms with van der Waals surface area (Å²) in [6, 6.07) is 21.7. The van der Waals surface area contributed by atoms with Crippen LogP contribution in [0.15, 0.2) is 66.7 Å². The van der Waals surface area contributed by atoms with E-state index in [9.17, 15) is 0 Å². The van der Waals surface area contributed by atoms with Crippen LogP contribution in [-0.2, 0) is 13.2 Å². The summed E-state index contributed by atoms with van der Waals surface area (Å²) in [4.78, 5) is 0. The molecule has 4 aromatic rings. The molecule has 0 saturated heterocycles. The topological polar surface area (TPSA) is 64.1 Å². The largest absolute Gasteiger partial charge is 0.490 e. The number of hydrogen-bond acceptors (Lipinski definition) is 5. The van der Waals surface area contributed by atoms with Crippen molar-refractivity contribution in [3.8, 4) is 22.9 Å². The number of rotatable bonds is 9. The molecule has 0 aliphatic carbocycles. The first-order valence-electron chi connectivity index (χ1n) is 10.7. The highest BCUT2D eigenvalue weighted by Gasteiger charge is 2.14. The molecular weight excluding hydrogens is 456 g/mol. The fourth-order valence-corrected chi connectivity index (χ4v) is 3.83. The highest BCUT2D eigenvalue weighted by atomic mass is 35.5. The lowest BCUT2D eigenvalue weighted by Crippen LogP contribution is -2.16. The highest BCUT2D eigenvalue weighted by Crippen LogP contribution is 2.34. The van der Waals surface area contributed by atoms with Gasteiger partial charge in [0.05, 0.1) is 13.2 Å². The van der Waals surface area contributed by atoms with Crippen molar-refractivity contribution < 1.29 is 9.47 Å². The number of aromatic amines is 1. The summed E-state index contributed by atoms with van der Waals surface area (Å²) in [5.41, 5.74) is 7.39. The Morgan fingerprint density at radius 2 is 1.73 bits per heavy atom. The van der Waals surface area contributed by atoms with Crippen molar-refractivity contribution in [2.45, 2.75) is 27.0 Å². The van der Waals surface area contributed by atoms with E-state index in [-0.39, 0.29) is 0 Å². The molecule has 0 aliphatic heterocycles. The minimum Gasteiger partial charge on any atom is -0.490 e. The van der Waals surface area contributed by atoms with Crippen LogP contribution < -0.4 is 14.9 Å². The van der Waals surface area contributed by atoms with Gasteiger partial charge in [-0.15, -0.1) is 0 Å². The minimum absolute atomic E-state index is 0.421. The van der Waals surface area contributed by atoms with Gasteiger partial charge < -0.3 is 14.9 Å². The number of aryl methyl sites for hydroxylation is 1. The van der Waals surface area contributed by atoms with E-state index in [1.165, 1.54) is 5.56 Å². The summed E-state index contributed by atoms with van der Waals surface area (Å²) < 4.78 is 14.1. The zero-order valence-corrected chi connectivity index (χ0v) is 20.0. The second-order valence-electron chi connectivity index (χ2n) is 7.43. The fourth-order valence-electron chi connectivity index (χ4n) is 3.41. The molecule has 1 aromatic heterocycles. The molecule has 33 heavy (non-hydrogen) atoms. The molecule has 0 fully saturated rings. The van der Waals surface area contributed by atoms with Gasteiger partial charge in [0.15, 0.2) is 17.3 Å². The van der Waals surface area contributed by atoms with Crippen LogP contribution in [0.5, 0.6) is 11.5 Å². The third-order valence-electron chi connectivity index (χ3n) is 5.19. The maximum Gasteiger partial charge on any atom is 0.214 e. The molecule has 0 saturated carbocycles. The SMILES string of the molecule is CCOc1cc(CNn2c(-c3ccccc3)n[nH]c2=S)c(Cl)cc1OCc1ccccc1C. The second kappa shape index (κ2) is 10.6. The molecule has 3 aromatic carbocycles. The number of hydrogen-bond donors (Lipinski definition) is 2. The zero-order chi connectivity index (χ0) is 23.2. The van der Waals surface area contributed by atoms with Crippen molar-refractivity contribution >= 4 is 23.8 Å². The standard InChI is InChI=1S/C25H25ClN4O2S/c1-3-31-22-13-20(21(26)14-23(22)32-16-19-12-8-7-9-17(19)2)15-27-30-24(28-29-25(30)33)18-10-5-4-6-11-18/h4-14,27H,3,15-16H2,1-2H3,(H,29,33). The van der Waals surface area contributed by atoms with Gasteiger partial charge in [0, 0.05) is 16.7 Å². The molecule has 0 radical (unpaired) electrons. The van der Waals surface area contributed by atoms with Crippen LogP contribution in [0.3, 0.4) is 0 Å². The van der Waals surface area contributed by atoms with Crippen molar-refractivity contribution in [3.63, 3.8) is 0 Å². The molecule has 0 bridgehead atoms. The van der Waals surface area contributed by atoms with E-state index in [1.807, 2.05) is 55.5 Å². The van der Waals surface area contributed by atoms with Crippen molar-refractivity contribution in [2.24, 2.45) is 0 Å². The van der Waals surface area contributed by atoms with E-state index in [1.54, 1.807) is 10.7 Å². The van der Waals surface area contributed by atoms with Gasteiger partial charge in [-0.1, -0.05) is 66.2 Å². The van der Waals surface area contributed by atoms with Gasteiger partial charge in [-0.2, -0.15) is 5.10 Å². The van der Waals surface area contributed by atoms with Crippen LogP contribution in [0.2, 0.25) is 5.02 Å². The summed E-state index contributed by atoms with van der Waals surface area (Å²) in [7, 11) is 0. The first kappa shape index (κ1) is 22.9. The van der Waals surface area contributed by atoms with E-state index in [4.69, 9.17) is 33.3 Å². The van der Waals surface area contributed by atoms with Gasteiger partial charge in [-0.25, -0.2) is 9.77 Å². The summed E-state index contributed by atoms with van der Waals surface area (Å²) in [5, 5.41) is 7.76. The third kappa shape index (κ3) is 5.38. The highest BCUT2D eigenvalue weighted by molar-refractivity contribution is 7.71. The molecule has 4 rings (SSSR count). The monoisotopic (exact) mass is 480 g/mol. The molecule has 6 nitrogen and oxygen atoms in total. The molecule has 8 heteroatoms. The first-order valence-corrected chi connectivity index (χ1v) is 11.4. The Kier molecular flexibility index (Phi) is 7.32. The van der Waals surface area contributed by atoms with Gasteiger partial charge in [0.2, 0.25) is 4.77 Å². The second-order valence-corrected chi connectivity index (χ2v) is 8.22. The Bertz CT molecular complexity index is 1290. The number of nitrogens with one attached hydrogen (secondary N) is 2. The summed E-state index contributed by atoms with van der Waals surface area (Å²) in [6.07, 6.45) is 0. The zero-order valence-electron chi connectivity index (χ0n) is 18.5. The van der Waals surface area contributed by atoms with Gasteiger partial charge in [0.25, 0.3) is 0 Å². The molecule has 0 amide bonds. The summed E-state index contributed by atoms with van der Waals surface area (Å²) >= 11 is 12.0. The molecule has 0 spiro atoms. The average Bonchev–Trinajstić information content (AvgIpc) is 3.20. The molecule has 0 aliphatic rings. The van der Waals surface area contributed by atoms with Crippen molar-refractivity contribution in [3.05, 3.63) is 93.2 Å².